The summed E-state index contributed by atoms with van der Waals surface area (Å²) < 4.78 is 4.69. The third kappa shape index (κ3) is 5.17. The summed E-state index contributed by atoms with van der Waals surface area (Å²) in [7, 11) is 1.37. The summed E-state index contributed by atoms with van der Waals surface area (Å²) in [5.74, 6) is -0.352. The highest BCUT2D eigenvalue weighted by Crippen LogP contribution is 2.14. The molecule has 0 atom stereocenters. The smallest absolute Gasteiger partial charge is 0.354 e. The molecule has 2 heterocycles. The Balaban J connectivity index is 1.43. The summed E-state index contributed by atoms with van der Waals surface area (Å²) in [6.45, 7) is 4.34. The van der Waals surface area contributed by atoms with Gasteiger partial charge in [0.1, 0.15) is 5.69 Å². The van der Waals surface area contributed by atoms with Crippen molar-refractivity contribution in [3.8, 4) is 0 Å². The van der Waals surface area contributed by atoms with E-state index in [1.807, 2.05) is 6.20 Å². The Bertz CT molecular complexity index is 703. The lowest BCUT2D eigenvalue weighted by atomic mass is 10.1. The Morgan fingerprint density at radius 1 is 1.19 bits per heavy atom. The van der Waals surface area contributed by atoms with E-state index in [9.17, 15) is 9.90 Å². The summed E-state index contributed by atoms with van der Waals surface area (Å²) in [6, 6.07) is 10.5. The van der Waals surface area contributed by atoms with Crippen LogP contribution in [0.15, 0.2) is 36.5 Å². The number of hydrogen-bond acceptors (Lipinski definition) is 5. The standard InChI is InChI=1S/C20H27N3O3/c1-26-20(25)19-10-17(13-22-19)12-21-11-15-2-4-16(5-3-15)14-23-8-6-18(24)7-9-23/h2-5,10,13,18,21-22,24H,6-9,11-12,14H2,1H3. The number of nitrogens with zero attached hydrogens (tertiary/aromatic N) is 1. The van der Waals surface area contributed by atoms with Gasteiger partial charge in [0.15, 0.2) is 0 Å². The SMILES string of the molecule is COC(=O)c1cc(CNCc2ccc(CN3CCC(O)CC3)cc2)c[nH]1. The zero-order chi connectivity index (χ0) is 18.4. The van der Waals surface area contributed by atoms with E-state index in [0.29, 0.717) is 12.2 Å². The number of carbonyl (C=O) groups excluding carboxylic acids is 1. The molecule has 3 N–H and O–H groups in total. The van der Waals surface area contributed by atoms with Crippen molar-refractivity contribution in [3.63, 3.8) is 0 Å². The first-order chi connectivity index (χ1) is 12.6. The molecule has 1 aliphatic rings. The molecule has 2 aromatic rings. The van der Waals surface area contributed by atoms with Crippen molar-refractivity contribution in [1.82, 2.24) is 15.2 Å². The molecule has 26 heavy (non-hydrogen) atoms. The Labute approximate surface area is 154 Å². The van der Waals surface area contributed by atoms with Crippen LogP contribution in [-0.4, -0.2) is 47.3 Å². The molecule has 0 bridgehead atoms. The molecule has 1 aliphatic heterocycles. The molecule has 1 aromatic carbocycles. The second-order valence-electron chi connectivity index (χ2n) is 6.84. The number of H-pyrrole nitrogens is 1. The molecule has 1 saturated heterocycles. The van der Waals surface area contributed by atoms with Gasteiger partial charge in [-0.1, -0.05) is 24.3 Å². The molecule has 1 fully saturated rings. The summed E-state index contributed by atoms with van der Waals surface area (Å²) in [4.78, 5) is 16.7. The van der Waals surface area contributed by atoms with Crippen LogP contribution in [0.1, 0.15) is 40.0 Å². The number of aliphatic hydroxyl groups excluding tert-OH is 1. The van der Waals surface area contributed by atoms with Crippen molar-refractivity contribution in [3.05, 3.63) is 58.9 Å². The fraction of sp³-hybridized carbons (Fsp3) is 0.450. The molecule has 0 unspecified atom stereocenters. The minimum Gasteiger partial charge on any atom is -0.464 e. The van der Waals surface area contributed by atoms with Crippen LogP contribution in [0, 0.1) is 0 Å². The second-order valence-corrected chi connectivity index (χ2v) is 6.84. The largest absolute Gasteiger partial charge is 0.464 e. The van der Waals surface area contributed by atoms with Crippen molar-refractivity contribution < 1.29 is 14.6 Å². The number of aromatic amines is 1. The fourth-order valence-corrected chi connectivity index (χ4v) is 3.22. The first kappa shape index (κ1) is 18.6. The predicted molar refractivity (Wildman–Crippen MR) is 99.6 cm³/mol. The number of likely N-dealkylation sites (tertiary alicyclic amines) is 1. The number of esters is 1. The number of rotatable bonds is 7. The Morgan fingerprint density at radius 3 is 2.54 bits per heavy atom. The molecule has 1 aromatic heterocycles. The van der Waals surface area contributed by atoms with Crippen LogP contribution in [0.2, 0.25) is 0 Å². The van der Waals surface area contributed by atoms with E-state index in [2.05, 4.69) is 44.2 Å². The van der Waals surface area contributed by atoms with Crippen molar-refractivity contribution in [2.45, 2.75) is 38.6 Å². The number of benzene rings is 1. The number of carbonyl (C=O) groups is 1. The molecular weight excluding hydrogens is 330 g/mol. The van der Waals surface area contributed by atoms with Crippen molar-refractivity contribution >= 4 is 5.97 Å². The van der Waals surface area contributed by atoms with Crippen LogP contribution in [0.4, 0.5) is 0 Å². The number of nitrogens with one attached hydrogen (secondary N) is 2. The molecule has 3 rings (SSSR count). The molecule has 0 amide bonds. The van der Waals surface area contributed by atoms with Crippen molar-refractivity contribution in [1.29, 1.82) is 0 Å². The molecule has 6 nitrogen and oxygen atoms in total. The van der Waals surface area contributed by atoms with Crippen molar-refractivity contribution in [2.24, 2.45) is 0 Å². The zero-order valence-electron chi connectivity index (χ0n) is 15.2. The Kier molecular flexibility index (Phi) is 6.44. The van der Waals surface area contributed by atoms with E-state index in [1.54, 1.807) is 6.07 Å². The van der Waals surface area contributed by atoms with E-state index in [1.165, 1.54) is 18.2 Å². The first-order valence-corrected chi connectivity index (χ1v) is 9.08. The molecule has 0 radical (unpaired) electrons. The number of aliphatic hydroxyl groups is 1. The van der Waals surface area contributed by atoms with Crippen molar-refractivity contribution in [2.75, 3.05) is 20.2 Å². The van der Waals surface area contributed by atoms with Gasteiger partial charge in [0.2, 0.25) is 0 Å². The number of hydrogen-bond donors (Lipinski definition) is 3. The zero-order valence-corrected chi connectivity index (χ0v) is 15.2. The Hall–Kier alpha value is -2.15. The topological polar surface area (TPSA) is 77.6 Å². The number of aromatic nitrogens is 1. The third-order valence-electron chi connectivity index (χ3n) is 4.79. The van der Waals surface area contributed by atoms with Gasteiger partial charge in [-0.15, -0.1) is 0 Å². The van der Waals surface area contributed by atoms with Gasteiger partial charge in [0.05, 0.1) is 13.2 Å². The van der Waals surface area contributed by atoms with Gasteiger partial charge < -0.3 is 20.1 Å². The first-order valence-electron chi connectivity index (χ1n) is 9.08. The summed E-state index contributed by atoms with van der Waals surface area (Å²) >= 11 is 0. The van der Waals surface area contributed by atoms with E-state index in [4.69, 9.17) is 0 Å². The van der Waals surface area contributed by atoms with Gasteiger partial charge in [-0.25, -0.2) is 4.79 Å². The van der Waals surface area contributed by atoms with Gasteiger partial charge in [-0.3, -0.25) is 4.90 Å². The third-order valence-corrected chi connectivity index (χ3v) is 4.79. The predicted octanol–water partition coefficient (Wildman–Crippen LogP) is 2.05. The molecule has 0 saturated carbocycles. The lowest BCUT2D eigenvalue weighted by Crippen LogP contribution is -2.35. The number of methoxy groups -OCH3 is 1. The highest BCUT2D eigenvalue weighted by molar-refractivity contribution is 5.87. The minimum absolute atomic E-state index is 0.122. The van der Waals surface area contributed by atoms with E-state index < -0.39 is 0 Å². The van der Waals surface area contributed by atoms with Gasteiger partial charge in [0.25, 0.3) is 0 Å². The van der Waals surface area contributed by atoms with Crippen LogP contribution in [0.25, 0.3) is 0 Å². The maximum absolute atomic E-state index is 11.4. The fourth-order valence-electron chi connectivity index (χ4n) is 3.22. The molecule has 6 heteroatoms. The van der Waals surface area contributed by atoms with E-state index in [0.717, 1.165) is 44.6 Å². The van der Waals surface area contributed by atoms with Gasteiger partial charge in [-0.05, 0) is 35.6 Å². The normalized spacial score (nSPS) is 15.9. The van der Waals surface area contributed by atoms with Crippen LogP contribution in [-0.2, 0) is 24.4 Å². The van der Waals surface area contributed by atoms with Gasteiger partial charge in [-0.2, -0.15) is 0 Å². The lowest BCUT2D eigenvalue weighted by Gasteiger charge is -2.29. The average Bonchev–Trinajstić information content (AvgIpc) is 3.13. The molecule has 0 spiro atoms. The molecule has 140 valence electrons. The summed E-state index contributed by atoms with van der Waals surface area (Å²) in [6.07, 6.45) is 3.44. The Morgan fingerprint density at radius 2 is 1.85 bits per heavy atom. The quantitative estimate of drug-likeness (QED) is 0.661. The highest BCUT2D eigenvalue weighted by atomic mass is 16.5. The van der Waals surface area contributed by atoms with Gasteiger partial charge >= 0.3 is 5.97 Å². The van der Waals surface area contributed by atoms with Gasteiger partial charge in [0, 0.05) is 38.9 Å². The summed E-state index contributed by atoms with van der Waals surface area (Å²) in [5.41, 5.74) is 4.03. The summed E-state index contributed by atoms with van der Waals surface area (Å²) in [5, 5.41) is 13.0. The monoisotopic (exact) mass is 357 g/mol. The number of ether oxygens (including phenoxy) is 1. The maximum atomic E-state index is 11.4. The van der Waals surface area contributed by atoms with Crippen LogP contribution >= 0.6 is 0 Å². The van der Waals surface area contributed by atoms with Crippen LogP contribution in [0.3, 0.4) is 0 Å². The molecule has 0 aliphatic carbocycles. The molecular formula is C20H27N3O3. The maximum Gasteiger partial charge on any atom is 0.354 e. The van der Waals surface area contributed by atoms with Crippen LogP contribution < -0.4 is 5.32 Å². The minimum atomic E-state index is -0.352. The van der Waals surface area contributed by atoms with Crippen LogP contribution in [0.5, 0.6) is 0 Å². The van der Waals surface area contributed by atoms with E-state index in [-0.39, 0.29) is 12.1 Å². The highest BCUT2D eigenvalue weighted by Gasteiger charge is 2.16. The second kappa shape index (κ2) is 8.98. The van der Waals surface area contributed by atoms with E-state index >= 15 is 0 Å². The average molecular weight is 357 g/mol. The number of piperidine rings is 1. The lowest BCUT2D eigenvalue weighted by molar-refractivity contribution is 0.0594.